The number of likely N-dealkylation sites (tertiary alicyclic amines) is 1. The highest BCUT2D eigenvalue weighted by atomic mass is 35.5. The van der Waals surface area contributed by atoms with Gasteiger partial charge in [0, 0.05) is 24.7 Å². The average molecular weight is 295 g/mol. The number of amides is 1. The molecule has 110 valence electrons. The average Bonchev–Trinajstić information content (AvgIpc) is 2.88. The number of fused-ring (bicyclic) bond motifs is 1. The van der Waals surface area contributed by atoms with E-state index in [4.69, 9.17) is 5.73 Å². The standard InChI is InChI=1S/C16H22N2O.ClH/c1-11-10-18(8-7-15(11)17)16(19)14-6-5-12-3-2-4-13(12)9-14;/h5-6,9,11,15H,2-4,7-8,10,17H2,1H3;1H. The second-order valence-electron chi connectivity index (χ2n) is 6.02. The molecule has 2 unspecified atom stereocenters. The van der Waals surface area contributed by atoms with Crippen LogP contribution in [-0.2, 0) is 12.8 Å². The number of hydrogen-bond acceptors (Lipinski definition) is 2. The molecular weight excluding hydrogens is 272 g/mol. The summed E-state index contributed by atoms with van der Waals surface area (Å²) in [6, 6.07) is 6.47. The number of nitrogens with two attached hydrogens (primary N) is 1. The number of rotatable bonds is 1. The molecule has 3 nitrogen and oxygen atoms in total. The first-order chi connectivity index (χ1) is 9.15. The molecule has 2 atom stereocenters. The number of aryl methyl sites for hydroxylation is 2. The van der Waals surface area contributed by atoms with Crippen LogP contribution in [0.3, 0.4) is 0 Å². The first kappa shape index (κ1) is 15.3. The van der Waals surface area contributed by atoms with Crippen LogP contribution >= 0.6 is 12.4 Å². The number of benzene rings is 1. The van der Waals surface area contributed by atoms with E-state index in [0.717, 1.165) is 31.5 Å². The Bertz CT molecular complexity index is 503. The van der Waals surface area contributed by atoms with Gasteiger partial charge in [-0.2, -0.15) is 0 Å². The van der Waals surface area contributed by atoms with Gasteiger partial charge in [-0.15, -0.1) is 12.4 Å². The lowest BCUT2D eigenvalue weighted by atomic mass is 9.94. The van der Waals surface area contributed by atoms with Crippen LogP contribution in [0.5, 0.6) is 0 Å². The third kappa shape index (κ3) is 2.84. The van der Waals surface area contributed by atoms with Gasteiger partial charge < -0.3 is 10.6 Å². The Morgan fingerprint density at radius 3 is 2.80 bits per heavy atom. The van der Waals surface area contributed by atoms with Gasteiger partial charge >= 0.3 is 0 Å². The highest BCUT2D eigenvalue weighted by Gasteiger charge is 2.27. The van der Waals surface area contributed by atoms with Crippen molar-refractivity contribution in [3.05, 3.63) is 34.9 Å². The summed E-state index contributed by atoms with van der Waals surface area (Å²) >= 11 is 0. The smallest absolute Gasteiger partial charge is 0.253 e. The molecule has 0 saturated carbocycles. The number of carbonyl (C=O) groups excluding carboxylic acids is 1. The summed E-state index contributed by atoms with van der Waals surface area (Å²) in [5.74, 6) is 0.570. The van der Waals surface area contributed by atoms with Gasteiger partial charge in [-0.25, -0.2) is 0 Å². The van der Waals surface area contributed by atoms with Crippen LogP contribution in [0.4, 0.5) is 0 Å². The quantitative estimate of drug-likeness (QED) is 0.864. The van der Waals surface area contributed by atoms with Gasteiger partial charge in [0.1, 0.15) is 0 Å². The molecule has 0 bridgehead atoms. The van der Waals surface area contributed by atoms with Gasteiger partial charge in [0.15, 0.2) is 0 Å². The topological polar surface area (TPSA) is 46.3 Å². The van der Waals surface area contributed by atoms with Crippen molar-refractivity contribution in [3.8, 4) is 0 Å². The normalized spacial score (nSPS) is 25.0. The second-order valence-corrected chi connectivity index (χ2v) is 6.02. The maximum atomic E-state index is 12.5. The van der Waals surface area contributed by atoms with E-state index in [1.165, 1.54) is 24.0 Å². The molecule has 20 heavy (non-hydrogen) atoms. The molecule has 1 aliphatic heterocycles. The van der Waals surface area contributed by atoms with Gasteiger partial charge in [-0.1, -0.05) is 13.0 Å². The van der Waals surface area contributed by atoms with Gasteiger partial charge in [-0.3, -0.25) is 4.79 Å². The SMILES string of the molecule is CC1CN(C(=O)c2ccc3c(c2)CCC3)CCC1N.Cl. The van der Waals surface area contributed by atoms with Crippen LogP contribution in [0, 0.1) is 5.92 Å². The van der Waals surface area contributed by atoms with Crippen LogP contribution in [-0.4, -0.2) is 29.9 Å². The Morgan fingerprint density at radius 1 is 1.30 bits per heavy atom. The molecule has 0 radical (unpaired) electrons. The van der Waals surface area contributed by atoms with Crippen LogP contribution in [0.25, 0.3) is 0 Å². The highest BCUT2D eigenvalue weighted by molar-refractivity contribution is 5.94. The summed E-state index contributed by atoms with van der Waals surface area (Å²) in [7, 11) is 0. The van der Waals surface area contributed by atoms with E-state index in [9.17, 15) is 4.79 Å². The number of carbonyl (C=O) groups is 1. The van der Waals surface area contributed by atoms with E-state index in [2.05, 4.69) is 19.1 Å². The predicted octanol–water partition coefficient (Wildman–Crippen LogP) is 2.41. The third-order valence-electron chi connectivity index (χ3n) is 4.60. The highest BCUT2D eigenvalue weighted by Crippen LogP contribution is 2.24. The first-order valence-electron chi connectivity index (χ1n) is 7.32. The molecule has 1 amide bonds. The van der Waals surface area contributed by atoms with Crippen molar-refractivity contribution in [2.45, 2.75) is 38.6 Å². The number of piperidine rings is 1. The summed E-state index contributed by atoms with van der Waals surface area (Å²) < 4.78 is 0. The number of halogens is 1. The Kier molecular flexibility index (Phi) is 4.71. The fourth-order valence-corrected chi connectivity index (χ4v) is 3.24. The van der Waals surface area contributed by atoms with Crippen molar-refractivity contribution < 1.29 is 4.79 Å². The number of hydrogen-bond donors (Lipinski definition) is 1. The molecule has 4 heteroatoms. The van der Waals surface area contributed by atoms with E-state index in [0.29, 0.717) is 5.92 Å². The zero-order valence-corrected chi connectivity index (χ0v) is 12.8. The van der Waals surface area contributed by atoms with E-state index >= 15 is 0 Å². The van der Waals surface area contributed by atoms with Crippen LogP contribution in [0.2, 0.25) is 0 Å². The molecule has 1 aromatic rings. The minimum absolute atomic E-state index is 0. The maximum absolute atomic E-state index is 12.5. The van der Waals surface area contributed by atoms with Crippen LogP contribution < -0.4 is 5.73 Å². The summed E-state index contributed by atoms with van der Waals surface area (Å²) in [4.78, 5) is 14.5. The molecule has 1 fully saturated rings. The minimum atomic E-state index is 0. The molecule has 2 aliphatic rings. The molecule has 1 saturated heterocycles. The molecular formula is C16H23ClN2O. The van der Waals surface area contributed by atoms with Gasteiger partial charge in [-0.05, 0) is 54.9 Å². The van der Waals surface area contributed by atoms with Gasteiger partial charge in [0.2, 0.25) is 0 Å². The second kappa shape index (κ2) is 6.15. The van der Waals surface area contributed by atoms with Crippen molar-refractivity contribution in [2.75, 3.05) is 13.1 Å². The van der Waals surface area contributed by atoms with Crippen LogP contribution in [0.1, 0.15) is 41.3 Å². The lowest BCUT2D eigenvalue weighted by molar-refractivity contribution is 0.0664. The monoisotopic (exact) mass is 294 g/mol. The van der Waals surface area contributed by atoms with Crippen molar-refractivity contribution in [1.29, 1.82) is 0 Å². The first-order valence-corrected chi connectivity index (χ1v) is 7.32. The van der Waals surface area contributed by atoms with E-state index in [-0.39, 0.29) is 24.4 Å². The molecule has 0 aromatic heterocycles. The fourth-order valence-electron chi connectivity index (χ4n) is 3.24. The van der Waals surface area contributed by atoms with E-state index in [1.807, 2.05) is 11.0 Å². The molecule has 1 aromatic carbocycles. The molecule has 1 aliphatic carbocycles. The molecule has 2 N–H and O–H groups in total. The summed E-state index contributed by atoms with van der Waals surface area (Å²) in [6.45, 7) is 3.71. The lowest BCUT2D eigenvalue weighted by Crippen LogP contribution is -2.48. The van der Waals surface area contributed by atoms with Crippen molar-refractivity contribution in [3.63, 3.8) is 0 Å². The predicted molar refractivity (Wildman–Crippen MR) is 83.4 cm³/mol. The van der Waals surface area contributed by atoms with Gasteiger partial charge in [0.25, 0.3) is 5.91 Å². The third-order valence-corrected chi connectivity index (χ3v) is 4.60. The largest absolute Gasteiger partial charge is 0.338 e. The zero-order valence-electron chi connectivity index (χ0n) is 12.0. The molecule has 1 heterocycles. The summed E-state index contributed by atoms with van der Waals surface area (Å²) in [5, 5.41) is 0. The Hall–Kier alpha value is -1.06. The fraction of sp³-hybridized carbons (Fsp3) is 0.562. The Balaban J connectivity index is 0.00000147. The number of nitrogens with zero attached hydrogens (tertiary/aromatic N) is 1. The Labute approximate surface area is 126 Å². The van der Waals surface area contributed by atoms with Crippen molar-refractivity contribution in [1.82, 2.24) is 4.90 Å². The zero-order chi connectivity index (χ0) is 13.4. The van der Waals surface area contributed by atoms with E-state index in [1.54, 1.807) is 0 Å². The summed E-state index contributed by atoms with van der Waals surface area (Å²) in [5.41, 5.74) is 9.66. The summed E-state index contributed by atoms with van der Waals surface area (Å²) in [6.07, 6.45) is 4.43. The van der Waals surface area contributed by atoms with Gasteiger partial charge in [0.05, 0.1) is 0 Å². The molecule has 0 spiro atoms. The lowest BCUT2D eigenvalue weighted by Gasteiger charge is -2.35. The molecule has 3 rings (SSSR count). The van der Waals surface area contributed by atoms with Crippen LogP contribution in [0.15, 0.2) is 18.2 Å². The Morgan fingerprint density at radius 2 is 2.05 bits per heavy atom. The maximum Gasteiger partial charge on any atom is 0.253 e. The van der Waals surface area contributed by atoms with Crippen molar-refractivity contribution >= 4 is 18.3 Å². The van der Waals surface area contributed by atoms with Crippen molar-refractivity contribution in [2.24, 2.45) is 11.7 Å². The minimum Gasteiger partial charge on any atom is -0.338 e. The van der Waals surface area contributed by atoms with E-state index < -0.39 is 0 Å².